The van der Waals surface area contributed by atoms with E-state index in [2.05, 4.69) is 9.88 Å². The molecule has 0 unspecified atom stereocenters. The quantitative estimate of drug-likeness (QED) is 0.292. The van der Waals surface area contributed by atoms with Crippen LogP contribution in [0.5, 0.6) is 0 Å². The van der Waals surface area contributed by atoms with Crippen LogP contribution in [0.2, 0.25) is 19.9 Å². The molecule has 0 bridgehead atoms. The standard InChI is InChI=1S/2C7H6ClNO2.2CH3.Sn/c2*8-6-3-1-5(2-4-6)7(10)9-11;;;/h2*1-4,11H,(H,9,10);2*1H3;. The van der Waals surface area contributed by atoms with Crippen molar-refractivity contribution < 1.29 is 20.0 Å². The van der Waals surface area contributed by atoms with Gasteiger partial charge in [0, 0.05) is 21.2 Å². The van der Waals surface area contributed by atoms with E-state index < -0.39 is 11.8 Å². The summed E-state index contributed by atoms with van der Waals surface area (Å²) in [6, 6.07) is 12.4. The van der Waals surface area contributed by atoms with Crippen molar-refractivity contribution in [1.29, 1.82) is 0 Å². The van der Waals surface area contributed by atoms with Crippen LogP contribution >= 0.6 is 23.2 Å². The maximum atomic E-state index is 10.7. The minimum atomic E-state index is -0.540. The molecule has 0 aliphatic rings. The number of hydrogen-bond acceptors (Lipinski definition) is 4. The van der Waals surface area contributed by atoms with Crippen molar-refractivity contribution in [2.75, 3.05) is 0 Å². The predicted octanol–water partition coefficient (Wildman–Crippen LogP) is 3.70. The van der Waals surface area contributed by atoms with Crippen LogP contribution in [0.3, 0.4) is 0 Å². The number of halogens is 2. The minimum absolute atomic E-state index is 0.230. The summed E-state index contributed by atoms with van der Waals surface area (Å²) >= 11 is 11.4. The van der Waals surface area contributed by atoms with Crippen molar-refractivity contribution in [2.24, 2.45) is 0 Å². The van der Waals surface area contributed by atoms with Crippen molar-refractivity contribution >= 4 is 56.2 Å². The molecule has 9 heteroatoms. The fourth-order valence-electron chi connectivity index (χ4n) is 1.33. The van der Waals surface area contributed by atoms with Gasteiger partial charge >= 0.3 is 31.0 Å². The molecule has 2 amide bonds. The molecule has 0 aromatic heterocycles. The molecule has 0 aliphatic heterocycles. The van der Waals surface area contributed by atoms with Gasteiger partial charge in [0.1, 0.15) is 0 Å². The van der Waals surface area contributed by atoms with Crippen molar-refractivity contribution in [2.45, 2.75) is 9.88 Å². The topological polar surface area (TPSA) is 98.7 Å². The second-order valence-electron chi connectivity index (χ2n) is 4.40. The molecule has 0 fully saturated rings. The molecule has 4 N–H and O–H groups in total. The summed E-state index contributed by atoms with van der Waals surface area (Å²) in [7, 11) is 0. The molecule has 0 heterocycles. The van der Waals surface area contributed by atoms with E-state index in [0.29, 0.717) is 21.2 Å². The van der Waals surface area contributed by atoms with Crippen molar-refractivity contribution in [1.82, 2.24) is 11.0 Å². The number of carbonyl (C=O) groups is 2. The van der Waals surface area contributed by atoms with E-state index >= 15 is 0 Å². The molecule has 134 valence electrons. The van der Waals surface area contributed by atoms with Gasteiger partial charge in [-0.2, -0.15) is 0 Å². The van der Waals surface area contributed by atoms with Crippen molar-refractivity contribution in [3.8, 4) is 0 Å². The Balaban J connectivity index is 0.000000399. The number of nitrogens with one attached hydrogen (secondary N) is 2. The zero-order valence-electron chi connectivity index (χ0n) is 13.6. The first-order chi connectivity index (χ1) is 11.9. The molecule has 0 saturated carbocycles. The van der Waals surface area contributed by atoms with E-state index in [1.165, 1.54) is 35.2 Å². The van der Waals surface area contributed by atoms with Gasteiger partial charge in [-0.3, -0.25) is 20.0 Å². The number of hydrogen-bond donors (Lipinski definition) is 4. The Morgan fingerprint density at radius 2 is 1.00 bits per heavy atom. The van der Waals surface area contributed by atoms with Gasteiger partial charge in [-0.1, -0.05) is 23.2 Å². The van der Waals surface area contributed by atoms with Gasteiger partial charge in [0.25, 0.3) is 11.8 Å². The first-order valence-electron chi connectivity index (χ1n) is 6.88. The first-order valence-corrected chi connectivity index (χ1v) is 13.3. The van der Waals surface area contributed by atoms with Crippen LogP contribution in [-0.4, -0.2) is 43.4 Å². The Labute approximate surface area is 166 Å². The van der Waals surface area contributed by atoms with Crippen LogP contribution in [0.25, 0.3) is 0 Å². The summed E-state index contributed by atoms with van der Waals surface area (Å²) < 4.78 is 0. The molecule has 0 atom stereocenters. The average Bonchev–Trinajstić information content (AvgIpc) is 2.63. The van der Waals surface area contributed by atoms with Gasteiger partial charge in [-0.05, 0) is 48.5 Å². The van der Waals surface area contributed by atoms with Crippen LogP contribution in [0.4, 0.5) is 0 Å². The third-order valence-electron chi connectivity index (χ3n) is 2.42. The van der Waals surface area contributed by atoms with Gasteiger partial charge in [0.05, 0.1) is 0 Å². The summed E-state index contributed by atoms with van der Waals surface area (Å²) in [4.78, 5) is 26.0. The number of hydroxylamine groups is 2. The van der Waals surface area contributed by atoms with Crippen LogP contribution in [0.15, 0.2) is 48.5 Å². The fraction of sp³-hybridized carbons (Fsp3) is 0.125. The molecule has 25 heavy (non-hydrogen) atoms. The monoisotopic (exact) mass is 492 g/mol. The third-order valence-corrected chi connectivity index (χ3v) is 2.92. The molecule has 0 aliphatic carbocycles. The van der Waals surface area contributed by atoms with Gasteiger partial charge in [-0.15, -0.1) is 0 Å². The van der Waals surface area contributed by atoms with Gasteiger partial charge in [0.2, 0.25) is 0 Å². The van der Waals surface area contributed by atoms with Gasteiger partial charge in [0.15, 0.2) is 0 Å². The summed E-state index contributed by atoms with van der Waals surface area (Å²) in [6.07, 6.45) is 0. The van der Waals surface area contributed by atoms with E-state index in [9.17, 15) is 9.59 Å². The third kappa shape index (κ3) is 10.3. The van der Waals surface area contributed by atoms with Crippen molar-refractivity contribution in [3.05, 3.63) is 69.7 Å². The van der Waals surface area contributed by atoms with E-state index in [1.807, 2.05) is 0 Å². The second kappa shape index (κ2) is 13.9. The van der Waals surface area contributed by atoms with E-state index in [0.717, 1.165) is 0 Å². The molecular formula is C16H18Cl2N2O4Sn. The van der Waals surface area contributed by atoms with E-state index in [1.54, 1.807) is 24.3 Å². The van der Waals surface area contributed by atoms with Crippen LogP contribution < -0.4 is 11.0 Å². The SMILES string of the molecule is O=C(NO)c1ccc(Cl)cc1.O=C(NO)c1ccc(Cl)cc1.[CH3][Sn][CH3]. The summed E-state index contributed by atoms with van der Waals surface area (Å²) in [5.74, 6) is -1.08. The van der Waals surface area contributed by atoms with Crippen LogP contribution in [-0.2, 0) is 0 Å². The Kier molecular flexibility index (Phi) is 13.2. The number of carbonyl (C=O) groups excluding carboxylic acids is 2. The Morgan fingerprint density at radius 3 is 1.20 bits per heavy atom. The first kappa shape index (κ1) is 23.7. The summed E-state index contributed by atoms with van der Waals surface area (Å²) in [5.41, 5.74) is 3.78. The Morgan fingerprint density at radius 1 is 0.760 bits per heavy atom. The molecule has 2 aromatic rings. The van der Waals surface area contributed by atoms with Crippen LogP contribution in [0.1, 0.15) is 20.7 Å². The number of rotatable bonds is 2. The molecule has 0 spiro atoms. The molecule has 2 rings (SSSR count). The average molecular weight is 492 g/mol. The summed E-state index contributed by atoms with van der Waals surface area (Å²) in [6.45, 7) is 0. The maximum absolute atomic E-state index is 10.7. The fourth-order valence-corrected chi connectivity index (χ4v) is 1.58. The zero-order chi connectivity index (χ0) is 19.2. The number of benzene rings is 2. The summed E-state index contributed by atoms with van der Waals surface area (Å²) in [5, 5.41) is 17.6. The second-order valence-corrected chi connectivity index (χ2v) is 8.12. The molecular weight excluding hydrogens is 474 g/mol. The van der Waals surface area contributed by atoms with Crippen molar-refractivity contribution in [3.63, 3.8) is 0 Å². The Bertz CT molecular complexity index is 595. The molecule has 2 aromatic carbocycles. The number of amides is 2. The predicted molar refractivity (Wildman–Crippen MR) is 98.9 cm³/mol. The van der Waals surface area contributed by atoms with E-state index in [4.69, 9.17) is 33.6 Å². The Hall–Kier alpha value is -1.32. The zero-order valence-corrected chi connectivity index (χ0v) is 18.0. The van der Waals surface area contributed by atoms with E-state index in [-0.39, 0.29) is 21.1 Å². The normalized spacial score (nSPS) is 8.88. The van der Waals surface area contributed by atoms with Gasteiger partial charge in [-0.25, -0.2) is 11.0 Å². The van der Waals surface area contributed by atoms with Gasteiger partial charge < -0.3 is 0 Å². The molecule has 0 saturated heterocycles. The van der Waals surface area contributed by atoms with Crippen LogP contribution in [0, 0.1) is 0 Å². The molecule has 6 nitrogen and oxygen atoms in total. The molecule has 2 radical (unpaired) electrons.